The van der Waals surface area contributed by atoms with Gasteiger partial charge in [-0.15, -0.1) is 0 Å². The van der Waals surface area contributed by atoms with Crippen LogP contribution in [0.2, 0.25) is 0 Å². The van der Waals surface area contributed by atoms with Crippen molar-refractivity contribution in [3.63, 3.8) is 0 Å². The van der Waals surface area contributed by atoms with Crippen molar-refractivity contribution in [2.75, 3.05) is 0 Å². The van der Waals surface area contributed by atoms with Gasteiger partial charge in [0.25, 0.3) is 0 Å². The first kappa shape index (κ1) is 13.1. The molecule has 1 saturated carbocycles. The van der Waals surface area contributed by atoms with Crippen LogP contribution in [0.15, 0.2) is 16.8 Å². The fourth-order valence-electron chi connectivity index (χ4n) is 2.84. The van der Waals surface area contributed by atoms with Crippen LogP contribution in [-0.4, -0.2) is 34.0 Å². The van der Waals surface area contributed by atoms with Crippen molar-refractivity contribution in [1.82, 2.24) is 15.4 Å². The van der Waals surface area contributed by atoms with Crippen molar-refractivity contribution in [1.29, 1.82) is 0 Å². The highest BCUT2D eigenvalue weighted by Crippen LogP contribution is 2.36. The molecule has 6 heteroatoms. The van der Waals surface area contributed by atoms with Crippen LogP contribution in [0.5, 0.6) is 0 Å². The highest BCUT2D eigenvalue weighted by Gasteiger charge is 2.47. The van der Waals surface area contributed by atoms with Gasteiger partial charge < -0.3 is 14.7 Å². The molecule has 1 N–H and O–H groups in total. The standard InChI is InChI=1S/C14H19N3O3/c1-8(2)12-13(18)16-11(9-3-4-9)14(19)17(12)7-10-5-6-15-20-10/h5-6,8-9,11-12H,3-4,7H2,1-2H3,(H,16,18). The van der Waals surface area contributed by atoms with Gasteiger partial charge in [0.15, 0.2) is 5.76 Å². The molecule has 3 rings (SSSR count). The third-order valence-corrected chi connectivity index (χ3v) is 3.99. The van der Waals surface area contributed by atoms with Crippen LogP contribution in [-0.2, 0) is 16.1 Å². The van der Waals surface area contributed by atoms with Gasteiger partial charge in [0.1, 0.15) is 12.1 Å². The molecule has 2 fully saturated rings. The lowest BCUT2D eigenvalue weighted by Gasteiger charge is -2.40. The summed E-state index contributed by atoms with van der Waals surface area (Å²) in [7, 11) is 0. The summed E-state index contributed by atoms with van der Waals surface area (Å²) in [6.07, 6.45) is 3.57. The third-order valence-electron chi connectivity index (χ3n) is 3.99. The van der Waals surface area contributed by atoms with Crippen LogP contribution >= 0.6 is 0 Å². The van der Waals surface area contributed by atoms with Gasteiger partial charge in [-0.2, -0.15) is 0 Å². The van der Waals surface area contributed by atoms with E-state index in [0.29, 0.717) is 18.2 Å². The normalized spacial score (nSPS) is 27.1. The molecule has 2 amide bonds. The predicted octanol–water partition coefficient (Wildman–Crippen LogP) is 0.936. The van der Waals surface area contributed by atoms with Gasteiger partial charge in [-0.05, 0) is 24.7 Å². The van der Waals surface area contributed by atoms with E-state index in [1.54, 1.807) is 17.2 Å². The van der Waals surface area contributed by atoms with Crippen LogP contribution in [0.25, 0.3) is 0 Å². The maximum Gasteiger partial charge on any atom is 0.246 e. The van der Waals surface area contributed by atoms with Crippen LogP contribution in [0.1, 0.15) is 32.4 Å². The van der Waals surface area contributed by atoms with Gasteiger partial charge in [-0.1, -0.05) is 19.0 Å². The smallest absolute Gasteiger partial charge is 0.246 e. The van der Waals surface area contributed by atoms with E-state index in [9.17, 15) is 9.59 Å². The topological polar surface area (TPSA) is 75.4 Å². The summed E-state index contributed by atoms with van der Waals surface area (Å²) in [6, 6.07) is 0.923. The molecule has 20 heavy (non-hydrogen) atoms. The van der Waals surface area contributed by atoms with Crippen LogP contribution in [0, 0.1) is 11.8 Å². The highest BCUT2D eigenvalue weighted by atomic mass is 16.5. The van der Waals surface area contributed by atoms with E-state index in [0.717, 1.165) is 12.8 Å². The molecule has 1 aliphatic heterocycles. The van der Waals surface area contributed by atoms with Gasteiger partial charge in [-0.25, -0.2) is 0 Å². The van der Waals surface area contributed by atoms with Crippen molar-refractivity contribution < 1.29 is 14.1 Å². The summed E-state index contributed by atoms with van der Waals surface area (Å²) in [5.74, 6) is 0.908. The van der Waals surface area contributed by atoms with Gasteiger partial charge in [0.2, 0.25) is 11.8 Å². The first-order valence-corrected chi connectivity index (χ1v) is 7.08. The first-order chi connectivity index (χ1) is 9.58. The molecule has 2 atom stereocenters. The molecule has 0 aromatic carbocycles. The largest absolute Gasteiger partial charge is 0.360 e. The molecule has 1 aliphatic carbocycles. The number of piperazine rings is 1. The number of nitrogens with one attached hydrogen (secondary N) is 1. The van der Waals surface area contributed by atoms with E-state index in [1.165, 1.54) is 0 Å². The summed E-state index contributed by atoms with van der Waals surface area (Å²) in [5.41, 5.74) is 0. The van der Waals surface area contributed by atoms with Gasteiger partial charge in [0.05, 0.1) is 12.7 Å². The number of hydrogen-bond donors (Lipinski definition) is 1. The molecule has 2 unspecified atom stereocenters. The Morgan fingerprint density at radius 3 is 2.75 bits per heavy atom. The highest BCUT2D eigenvalue weighted by molar-refractivity contribution is 5.97. The van der Waals surface area contributed by atoms with Crippen LogP contribution in [0.4, 0.5) is 0 Å². The molecule has 0 bridgehead atoms. The van der Waals surface area contributed by atoms with Gasteiger partial charge in [0, 0.05) is 6.07 Å². The maximum absolute atomic E-state index is 12.6. The number of carbonyl (C=O) groups is 2. The van der Waals surface area contributed by atoms with E-state index >= 15 is 0 Å². The number of nitrogens with zero attached hydrogens (tertiary/aromatic N) is 2. The Morgan fingerprint density at radius 1 is 1.45 bits per heavy atom. The minimum Gasteiger partial charge on any atom is -0.360 e. The number of aromatic nitrogens is 1. The minimum absolute atomic E-state index is 0.00204. The van der Waals surface area contributed by atoms with Gasteiger partial charge in [-0.3, -0.25) is 9.59 Å². The number of hydrogen-bond acceptors (Lipinski definition) is 4. The lowest BCUT2D eigenvalue weighted by Crippen LogP contribution is -2.65. The van der Waals surface area contributed by atoms with Crippen molar-refractivity contribution in [3.05, 3.63) is 18.0 Å². The SMILES string of the molecule is CC(C)C1C(=O)NC(C2CC2)C(=O)N1Cc1ccno1. The second kappa shape index (κ2) is 4.92. The maximum atomic E-state index is 12.6. The zero-order valence-corrected chi connectivity index (χ0v) is 11.7. The zero-order chi connectivity index (χ0) is 14.3. The minimum atomic E-state index is -0.442. The second-order valence-electron chi connectivity index (χ2n) is 5.96. The number of carbonyl (C=O) groups excluding carboxylic acids is 2. The predicted molar refractivity (Wildman–Crippen MR) is 70.3 cm³/mol. The molecule has 1 aromatic heterocycles. The van der Waals surface area contributed by atoms with Crippen LogP contribution < -0.4 is 5.32 Å². The van der Waals surface area contributed by atoms with E-state index in [2.05, 4.69) is 10.5 Å². The van der Waals surface area contributed by atoms with Crippen molar-refractivity contribution in [2.24, 2.45) is 11.8 Å². The first-order valence-electron chi connectivity index (χ1n) is 7.08. The van der Waals surface area contributed by atoms with E-state index < -0.39 is 6.04 Å². The molecular weight excluding hydrogens is 258 g/mol. The lowest BCUT2D eigenvalue weighted by atomic mass is 9.95. The van der Waals surface area contributed by atoms with E-state index in [-0.39, 0.29) is 23.8 Å². The monoisotopic (exact) mass is 277 g/mol. The molecule has 0 spiro atoms. The summed E-state index contributed by atoms with van der Waals surface area (Å²) in [6.45, 7) is 4.20. The zero-order valence-electron chi connectivity index (χ0n) is 11.7. The molecule has 0 radical (unpaired) electrons. The molecule has 2 aliphatic rings. The lowest BCUT2D eigenvalue weighted by molar-refractivity contribution is -0.152. The Hall–Kier alpha value is -1.85. The molecule has 6 nitrogen and oxygen atoms in total. The fraction of sp³-hybridized carbons (Fsp3) is 0.643. The molecule has 108 valence electrons. The van der Waals surface area contributed by atoms with E-state index in [1.807, 2.05) is 13.8 Å². The molecule has 1 saturated heterocycles. The van der Waals surface area contributed by atoms with E-state index in [4.69, 9.17) is 4.52 Å². The number of amides is 2. The molecular formula is C14H19N3O3. The average molecular weight is 277 g/mol. The van der Waals surface area contributed by atoms with Gasteiger partial charge >= 0.3 is 0 Å². The Morgan fingerprint density at radius 2 is 2.20 bits per heavy atom. The average Bonchev–Trinajstić information content (AvgIpc) is 3.11. The molecule has 2 heterocycles. The third kappa shape index (κ3) is 2.30. The summed E-state index contributed by atoms with van der Waals surface area (Å²) >= 11 is 0. The molecule has 1 aromatic rings. The fourth-order valence-corrected chi connectivity index (χ4v) is 2.84. The Labute approximate surface area is 117 Å². The summed E-state index contributed by atoms with van der Waals surface area (Å²) in [5, 5.41) is 6.55. The summed E-state index contributed by atoms with van der Waals surface area (Å²) < 4.78 is 5.08. The van der Waals surface area contributed by atoms with Crippen molar-refractivity contribution >= 4 is 11.8 Å². The quantitative estimate of drug-likeness (QED) is 0.888. The number of rotatable bonds is 4. The van der Waals surface area contributed by atoms with Crippen LogP contribution in [0.3, 0.4) is 0 Å². The Bertz CT molecular complexity index is 508. The summed E-state index contributed by atoms with van der Waals surface area (Å²) in [4.78, 5) is 26.6. The Balaban J connectivity index is 1.86. The van der Waals surface area contributed by atoms with Crippen molar-refractivity contribution in [2.45, 2.75) is 45.3 Å². The van der Waals surface area contributed by atoms with Crippen molar-refractivity contribution in [3.8, 4) is 0 Å². The Kier molecular flexibility index (Phi) is 3.23. The second-order valence-corrected chi connectivity index (χ2v) is 5.96.